The summed E-state index contributed by atoms with van der Waals surface area (Å²) in [4.78, 5) is 27.2. The summed E-state index contributed by atoms with van der Waals surface area (Å²) in [5.41, 5.74) is 4.11. The molecule has 4 heterocycles. The number of hydrogen-bond donors (Lipinski definition) is 2. The lowest BCUT2D eigenvalue weighted by molar-refractivity contribution is 0.472. The highest BCUT2D eigenvalue weighted by atomic mass is 32.1. The van der Waals surface area contributed by atoms with Crippen LogP contribution in [-0.4, -0.2) is 30.9 Å². The maximum atomic E-state index is 13.2. The van der Waals surface area contributed by atoms with Crippen LogP contribution in [0.15, 0.2) is 34.6 Å². The van der Waals surface area contributed by atoms with E-state index in [2.05, 4.69) is 27.8 Å². The fourth-order valence-electron chi connectivity index (χ4n) is 4.32. The molecule has 2 N–H and O–H groups in total. The molecule has 3 aromatic heterocycles. The van der Waals surface area contributed by atoms with Crippen LogP contribution in [0.4, 0.5) is 11.6 Å². The quantitative estimate of drug-likeness (QED) is 0.483. The molecule has 0 unspecified atom stereocenters. The fourth-order valence-corrected chi connectivity index (χ4v) is 5.28. The molecule has 1 aromatic carbocycles. The highest BCUT2D eigenvalue weighted by molar-refractivity contribution is 7.10. The highest BCUT2D eigenvalue weighted by Crippen LogP contribution is 2.42. The molecule has 0 atom stereocenters. The van der Waals surface area contributed by atoms with Crippen molar-refractivity contribution in [2.24, 2.45) is 0 Å². The number of anilines is 2. The first-order chi connectivity index (χ1) is 15.6. The number of fused-ring (bicyclic) bond motifs is 2. The zero-order valence-corrected chi connectivity index (χ0v) is 18.9. The normalized spacial score (nSPS) is 16.0. The van der Waals surface area contributed by atoms with Crippen molar-refractivity contribution < 1.29 is 0 Å². The Morgan fingerprint density at radius 1 is 1.22 bits per heavy atom. The van der Waals surface area contributed by atoms with E-state index < -0.39 is 0 Å². The lowest BCUT2D eigenvalue weighted by atomic mass is 10.0. The Morgan fingerprint density at radius 2 is 2.09 bits per heavy atom. The summed E-state index contributed by atoms with van der Waals surface area (Å²) >= 11 is 1.66. The molecule has 6 rings (SSSR count). The van der Waals surface area contributed by atoms with Crippen LogP contribution in [0.25, 0.3) is 16.9 Å². The molecular formula is C23H25N7OS. The molecule has 164 valence electrons. The first-order valence-electron chi connectivity index (χ1n) is 11.1. The van der Waals surface area contributed by atoms with Gasteiger partial charge in [0.1, 0.15) is 5.39 Å². The van der Waals surface area contributed by atoms with Crippen LogP contribution >= 0.6 is 11.3 Å². The van der Waals surface area contributed by atoms with Gasteiger partial charge in [-0.15, -0.1) is 11.3 Å². The van der Waals surface area contributed by atoms with Crippen LogP contribution in [0.2, 0.25) is 0 Å². The summed E-state index contributed by atoms with van der Waals surface area (Å²) in [6, 6.07) is 6.32. The first-order valence-corrected chi connectivity index (χ1v) is 12.0. The molecule has 0 spiro atoms. The van der Waals surface area contributed by atoms with E-state index in [0.717, 1.165) is 36.0 Å². The van der Waals surface area contributed by atoms with Crippen LogP contribution in [0, 0.1) is 0 Å². The number of thiazole rings is 1. The second kappa shape index (κ2) is 7.53. The Labute approximate surface area is 189 Å². The van der Waals surface area contributed by atoms with Gasteiger partial charge in [0.2, 0.25) is 5.95 Å². The summed E-state index contributed by atoms with van der Waals surface area (Å²) in [5.74, 6) is 1.79. The maximum absolute atomic E-state index is 13.2. The van der Waals surface area contributed by atoms with E-state index in [-0.39, 0.29) is 11.6 Å². The van der Waals surface area contributed by atoms with Gasteiger partial charge in [0.25, 0.3) is 5.56 Å². The van der Waals surface area contributed by atoms with Crippen LogP contribution in [0.3, 0.4) is 0 Å². The van der Waals surface area contributed by atoms with E-state index in [1.165, 1.54) is 24.0 Å². The fraction of sp³-hybridized carbons (Fsp3) is 0.391. The summed E-state index contributed by atoms with van der Waals surface area (Å²) in [6.07, 6.45) is 5.03. The number of nitrogens with one attached hydrogen (secondary N) is 2. The molecule has 4 aromatic rings. The predicted octanol–water partition coefficient (Wildman–Crippen LogP) is 3.89. The van der Waals surface area contributed by atoms with Crippen LogP contribution in [-0.2, 0) is 13.0 Å². The summed E-state index contributed by atoms with van der Waals surface area (Å²) < 4.78 is 3.58. The van der Waals surface area contributed by atoms with E-state index >= 15 is 0 Å². The molecule has 32 heavy (non-hydrogen) atoms. The first kappa shape index (κ1) is 19.6. The van der Waals surface area contributed by atoms with Gasteiger partial charge in [-0.2, -0.15) is 4.98 Å². The Morgan fingerprint density at radius 3 is 2.91 bits per heavy atom. The van der Waals surface area contributed by atoms with E-state index in [0.29, 0.717) is 22.9 Å². The third kappa shape index (κ3) is 3.32. The zero-order valence-electron chi connectivity index (χ0n) is 18.1. The van der Waals surface area contributed by atoms with Gasteiger partial charge in [-0.25, -0.2) is 19.3 Å². The Hall–Kier alpha value is -3.04. The topological polar surface area (TPSA) is 89.7 Å². The molecule has 0 amide bonds. The Balaban J connectivity index is 1.44. The van der Waals surface area contributed by atoms with Crippen molar-refractivity contribution in [3.05, 3.63) is 56.3 Å². The average molecular weight is 448 g/mol. The lowest BCUT2D eigenvalue weighted by Gasteiger charge is -2.18. The predicted molar refractivity (Wildman–Crippen MR) is 126 cm³/mol. The minimum absolute atomic E-state index is 0.0339. The van der Waals surface area contributed by atoms with Gasteiger partial charge in [-0.05, 0) is 62.9 Å². The van der Waals surface area contributed by atoms with Gasteiger partial charge in [-0.1, -0.05) is 6.07 Å². The van der Waals surface area contributed by atoms with Crippen molar-refractivity contribution in [2.75, 3.05) is 11.9 Å². The number of benzene rings is 1. The van der Waals surface area contributed by atoms with Gasteiger partial charge in [0, 0.05) is 35.8 Å². The zero-order chi connectivity index (χ0) is 21.8. The van der Waals surface area contributed by atoms with Gasteiger partial charge in [0.05, 0.1) is 5.01 Å². The molecule has 2 aliphatic rings. The van der Waals surface area contributed by atoms with Crippen molar-refractivity contribution in [1.82, 2.24) is 29.6 Å². The summed E-state index contributed by atoms with van der Waals surface area (Å²) in [5, 5.41) is 10.4. The molecule has 8 nitrogen and oxygen atoms in total. The van der Waals surface area contributed by atoms with Gasteiger partial charge < -0.3 is 10.6 Å². The molecule has 0 radical (unpaired) electrons. The van der Waals surface area contributed by atoms with Crippen LogP contribution in [0.5, 0.6) is 0 Å². The summed E-state index contributed by atoms with van der Waals surface area (Å²) in [6.45, 7) is 5.90. The number of hydrogen-bond acceptors (Lipinski definition) is 7. The lowest BCUT2D eigenvalue weighted by Crippen LogP contribution is -2.24. The van der Waals surface area contributed by atoms with E-state index in [1.807, 2.05) is 30.0 Å². The minimum atomic E-state index is -0.0937. The van der Waals surface area contributed by atoms with E-state index in [9.17, 15) is 4.79 Å². The molecule has 0 saturated heterocycles. The second-order valence-corrected chi connectivity index (χ2v) is 9.73. The number of aromatic nitrogens is 5. The minimum Gasteiger partial charge on any atom is -0.324 e. The molecule has 0 bridgehead atoms. The van der Waals surface area contributed by atoms with Crippen molar-refractivity contribution >= 4 is 34.0 Å². The van der Waals surface area contributed by atoms with Crippen molar-refractivity contribution in [3.63, 3.8) is 0 Å². The number of nitrogens with zero attached hydrogens (tertiary/aromatic N) is 5. The van der Waals surface area contributed by atoms with E-state index in [4.69, 9.17) is 9.97 Å². The average Bonchev–Trinajstić information content (AvgIpc) is 3.46. The Bertz CT molecular complexity index is 1380. The maximum Gasteiger partial charge on any atom is 0.278 e. The van der Waals surface area contributed by atoms with Gasteiger partial charge in [0.15, 0.2) is 11.5 Å². The van der Waals surface area contributed by atoms with Crippen LogP contribution < -0.4 is 16.2 Å². The molecule has 1 saturated carbocycles. The highest BCUT2D eigenvalue weighted by Gasteiger charge is 2.28. The van der Waals surface area contributed by atoms with Gasteiger partial charge >= 0.3 is 0 Å². The summed E-state index contributed by atoms with van der Waals surface area (Å²) in [7, 11) is 0. The van der Waals surface area contributed by atoms with Crippen LogP contribution in [0.1, 0.15) is 54.8 Å². The smallest absolute Gasteiger partial charge is 0.278 e. The van der Waals surface area contributed by atoms with Crippen molar-refractivity contribution in [2.45, 2.75) is 51.6 Å². The largest absolute Gasteiger partial charge is 0.324 e. The third-order valence-corrected chi connectivity index (χ3v) is 7.11. The second-order valence-electron chi connectivity index (χ2n) is 8.84. The monoisotopic (exact) mass is 447 g/mol. The van der Waals surface area contributed by atoms with E-state index in [1.54, 1.807) is 22.2 Å². The molecule has 1 fully saturated rings. The molecule has 1 aliphatic carbocycles. The standard InChI is InChI=1S/C23H25N7OS/c1-13(2)29-22(31)18-11-25-23(26-17-6-5-16-10-24-8-7-15(16)9-17)28-20(18)30(29)19-12-32-21(27-19)14-3-4-14/h5-6,9,11-14,24H,3-4,7-8,10H2,1-2H3,(H,25,26,28). The molecule has 9 heteroatoms. The van der Waals surface area contributed by atoms with Gasteiger partial charge in [-0.3, -0.25) is 4.79 Å². The third-order valence-electron chi connectivity index (χ3n) is 6.11. The Kier molecular flexibility index (Phi) is 4.62. The SMILES string of the molecule is CC(C)n1c(=O)c2cnc(Nc3ccc4c(c3)CCNC4)nc2n1-c1csc(C2CC2)n1. The number of rotatable bonds is 5. The van der Waals surface area contributed by atoms with Crippen molar-refractivity contribution in [1.29, 1.82) is 0 Å². The molecule has 1 aliphatic heterocycles. The molecular weight excluding hydrogens is 422 g/mol. The van der Waals surface area contributed by atoms with Crippen molar-refractivity contribution in [3.8, 4) is 5.82 Å².